The van der Waals surface area contributed by atoms with Crippen LogP contribution in [0, 0.1) is 12.7 Å². The molecule has 1 aromatic carbocycles. The van der Waals surface area contributed by atoms with Crippen molar-refractivity contribution in [3.8, 4) is 0 Å². The number of benzene rings is 1. The third-order valence-corrected chi connectivity index (χ3v) is 6.24. The van der Waals surface area contributed by atoms with Gasteiger partial charge in [0.2, 0.25) is 0 Å². The number of rotatable bonds is 2. The molecule has 0 spiro atoms. The van der Waals surface area contributed by atoms with E-state index in [-0.39, 0.29) is 10.6 Å². The Bertz CT molecular complexity index is 534. The second-order valence-corrected chi connectivity index (χ2v) is 7.07. The monoisotopic (exact) mass is 396 g/mol. The Labute approximate surface area is 125 Å². The van der Waals surface area contributed by atoms with Gasteiger partial charge in [-0.1, -0.05) is 45.7 Å². The maximum atomic E-state index is 14.0. The predicted octanol–water partition coefficient (Wildman–Crippen LogP) is 6.10. The lowest BCUT2D eigenvalue weighted by Gasteiger charge is -2.10. The largest absolute Gasteiger partial charge is 0.206 e. The number of hydrogen-bond donors (Lipinski definition) is 0. The van der Waals surface area contributed by atoms with Crippen molar-refractivity contribution in [2.45, 2.75) is 11.8 Å². The molecule has 0 N–H and O–H groups in total. The van der Waals surface area contributed by atoms with Crippen LogP contribution < -0.4 is 0 Å². The molecule has 0 amide bonds. The molecule has 1 atom stereocenters. The van der Waals surface area contributed by atoms with E-state index in [4.69, 9.17) is 11.6 Å². The Hall–Kier alpha value is 0.1000. The zero-order valence-corrected chi connectivity index (χ0v) is 13.6. The first-order valence-corrected chi connectivity index (χ1v) is 7.75. The minimum atomic E-state index is -0.171. The molecule has 0 aliphatic heterocycles. The van der Waals surface area contributed by atoms with E-state index in [1.165, 1.54) is 11.3 Å². The van der Waals surface area contributed by atoms with Crippen LogP contribution in [-0.4, -0.2) is 0 Å². The summed E-state index contributed by atoms with van der Waals surface area (Å²) < 4.78 is 15.5. The molecule has 1 unspecified atom stereocenters. The Morgan fingerprint density at radius 3 is 2.71 bits per heavy atom. The number of thiophene rings is 1. The van der Waals surface area contributed by atoms with E-state index in [2.05, 4.69) is 31.9 Å². The van der Waals surface area contributed by atoms with Gasteiger partial charge in [-0.05, 0) is 34.5 Å². The summed E-state index contributed by atoms with van der Waals surface area (Å²) in [6, 6.07) is 7.31. The van der Waals surface area contributed by atoms with Crippen molar-refractivity contribution in [2.24, 2.45) is 0 Å². The van der Waals surface area contributed by atoms with Crippen LogP contribution in [0.1, 0.15) is 20.8 Å². The molecule has 0 radical (unpaired) electrons. The molecule has 1 heterocycles. The third kappa shape index (κ3) is 2.75. The van der Waals surface area contributed by atoms with Gasteiger partial charge in [0.25, 0.3) is 0 Å². The first kappa shape index (κ1) is 13.5. The highest BCUT2D eigenvalue weighted by molar-refractivity contribution is 9.10. The highest BCUT2D eigenvalue weighted by Gasteiger charge is 2.19. The number of aryl methyl sites for hydroxylation is 1. The van der Waals surface area contributed by atoms with Gasteiger partial charge in [0.15, 0.2) is 0 Å². The zero-order valence-electron chi connectivity index (χ0n) is 8.81. The van der Waals surface area contributed by atoms with Crippen LogP contribution >= 0.6 is 54.8 Å². The summed E-state index contributed by atoms with van der Waals surface area (Å²) in [5.41, 5.74) is 1.28. The van der Waals surface area contributed by atoms with Gasteiger partial charge in [-0.25, -0.2) is 4.39 Å². The van der Waals surface area contributed by atoms with Crippen LogP contribution in [0.3, 0.4) is 0 Å². The Kier molecular flexibility index (Phi) is 4.29. The van der Waals surface area contributed by atoms with E-state index < -0.39 is 0 Å². The summed E-state index contributed by atoms with van der Waals surface area (Å²) in [5.74, 6) is -0.171. The van der Waals surface area contributed by atoms with Crippen molar-refractivity contribution >= 4 is 54.8 Å². The summed E-state index contributed by atoms with van der Waals surface area (Å²) >= 11 is 14.3. The fourth-order valence-electron chi connectivity index (χ4n) is 1.51. The van der Waals surface area contributed by atoms with Crippen LogP contribution in [-0.2, 0) is 0 Å². The van der Waals surface area contributed by atoms with Crippen molar-refractivity contribution in [2.75, 3.05) is 0 Å². The fourth-order valence-corrected chi connectivity index (χ4v) is 4.01. The van der Waals surface area contributed by atoms with Crippen molar-refractivity contribution < 1.29 is 4.39 Å². The van der Waals surface area contributed by atoms with Gasteiger partial charge in [0, 0.05) is 14.9 Å². The smallest absolute Gasteiger partial charge is 0.130 e. The molecule has 1 aromatic heterocycles. The quantitative estimate of drug-likeness (QED) is 0.537. The molecule has 5 heteroatoms. The lowest BCUT2D eigenvalue weighted by atomic mass is 10.1. The summed E-state index contributed by atoms with van der Waals surface area (Å²) in [5, 5.41) is 0. The average molecular weight is 399 g/mol. The minimum Gasteiger partial charge on any atom is -0.206 e. The molecule has 0 aliphatic carbocycles. The van der Waals surface area contributed by atoms with Crippen LogP contribution in [0.2, 0.25) is 4.34 Å². The second-order valence-electron chi connectivity index (χ2n) is 3.61. The zero-order chi connectivity index (χ0) is 12.6. The fraction of sp³-hybridized carbons (Fsp3) is 0.167. The molecule has 0 fully saturated rings. The molecule has 0 aliphatic rings. The molecule has 0 nitrogen and oxygen atoms in total. The van der Waals surface area contributed by atoms with Gasteiger partial charge in [-0.2, -0.15) is 0 Å². The maximum absolute atomic E-state index is 14.0. The molecular weight excluding hydrogens is 390 g/mol. The highest BCUT2D eigenvalue weighted by atomic mass is 79.9. The molecule has 90 valence electrons. The Morgan fingerprint density at radius 1 is 1.41 bits per heavy atom. The predicted molar refractivity (Wildman–Crippen MR) is 78.9 cm³/mol. The van der Waals surface area contributed by atoms with E-state index >= 15 is 0 Å². The van der Waals surface area contributed by atoms with E-state index in [1.54, 1.807) is 19.1 Å². The summed E-state index contributed by atoms with van der Waals surface area (Å²) in [7, 11) is 0. The standard InChI is InChI=1S/C12H8Br2ClFS/c1-6-3-2-4-7(11(6)16)10(14)9-5-8(13)12(15)17-9/h2-5,10H,1H3. The molecule has 2 rings (SSSR count). The SMILES string of the molecule is Cc1cccc(C(Br)c2cc(Br)c(Cl)s2)c1F. The number of hydrogen-bond acceptors (Lipinski definition) is 1. The Morgan fingerprint density at radius 2 is 2.12 bits per heavy atom. The van der Waals surface area contributed by atoms with E-state index in [9.17, 15) is 4.39 Å². The summed E-state index contributed by atoms with van der Waals surface area (Å²) in [6.45, 7) is 1.76. The third-order valence-electron chi connectivity index (χ3n) is 2.41. The topological polar surface area (TPSA) is 0 Å². The molecule has 0 bridgehead atoms. The highest BCUT2D eigenvalue weighted by Crippen LogP contribution is 2.42. The molecule has 0 saturated carbocycles. The van der Waals surface area contributed by atoms with Gasteiger partial charge >= 0.3 is 0 Å². The van der Waals surface area contributed by atoms with Crippen LogP contribution in [0.15, 0.2) is 28.7 Å². The number of halogens is 4. The average Bonchev–Trinajstić information content (AvgIpc) is 2.62. The minimum absolute atomic E-state index is 0.170. The first-order valence-electron chi connectivity index (χ1n) is 4.84. The van der Waals surface area contributed by atoms with Crippen LogP contribution in [0.25, 0.3) is 0 Å². The maximum Gasteiger partial charge on any atom is 0.130 e. The van der Waals surface area contributed by atoms with Crippen LogP contribution in [0.5, 0.6) is 0 Å². The summed E-state index contributed by atoms with van der Waals surface area (Å²) in [4.78, 5) is 0.808. The molecule has 0 saturated heterocycles. The van der Waals surface area contributed by atoms with Gasteiger partial charge in [0.1, 0.15) is 10.2 Å². The van der Waals surface area contributed by atoms with Gasteiger partial charge in [0.05, 0.1) is 4.83 Å². The van der Waals surface area contributed by atoms with Crippen molar-refractivity contribution in [1.29, 1.82) is 0 Å². The normalized spacial score (nSPS) is 12.8. The van der Waals surface area contributed by atoms with Gasteiger partial charge in [-0.15, -0.1) is 11.3 Å². The van der Waals surface area contributed by atoms with Crippen molar-refractivity contribution in [3.63, 3.8) is 0 Å². The van der Waals surface area contributed by atoms with Crippen molar-refractivity contribution in [1.82, 2.24) is 0 Å². The first-order chi connectivity index (χ1) is 8.00. The second kappa shape index (κ2) is 5.39. The lowest BCUT2D eigenvalue weighted by Crippen LogP contribution is -1.96. The van der Waals surface area contributed by atoms with Crippen LogP contribution in [0.4, 0.5) is 4.39 Å². The molecular formula is C12H8Br2ClFS. The lowest BCUT2D eigenvalue weighted by molar-refractivity contribution is 0.605. The van der Waals surface area contributed by atoms with Gasteiger partial charge in [-0.3, -0.25) is 0 Å². The van der Waals surface area contributed by atoms with E-state index in [0.29, 0.717) is 15.5 Å². The van der Waals surface area contributed by atoms with Gasteiger partial charge < -0.3 is 0 Å². The molecule has 2 aromatic rings. The van der Waals surface area contributed by atoms with E-state index in [0.717, 1.165) is 9.35 Å². The summed E-state index contributed by atoms with van der Waals surface area (Å²) in [6.07, 6.45) is 0. The molecule has 17 heavy (non-hydrogen) atoms. The Balaban J connectivity index is 2.43. The van der Waals surface area contributed by atoms with E-state index in [1.807, 2.05) is 12.1 Å². The van der Waals surface area contributed by atoms with Crippen molar-refractivity contribution in [3.05, 3.63) is 54.9 Å². The number of alkyl halides is 1.